The average Bonchev–Trinajstić information content (AvgIpc) is 3.24. The minimum atomic E-state index is -0.739. The molecule has 6 nitrogen and oxygen atoms in total. The van der Waals surface area contributed by atoms with Gasteiger partial charge in [-0.3, -0.25) is 9.59 Å². The highest BCUT2D eigenvalue weighted by Gasteiger charge is 2.15. The van der Waals surface area contributed by atoms with Gasteiger partial charge in [-0.2, -0.15) is 5.26 Å². The Bertz CT molecular complexity index is 1010. The third-order valence-electron chi connectivity index (χ3n) is 3.80. The van der Waals surface area contributed by atoms with E-state index >= 15 is 0 Å². The number of amides is 2. The number of hydrogen-bond acceptors (Lipinski definition) is 5. The lowest BCUT2D eigenvalue weighted by molar-refractivity contribution is -0.122. The number of thiophene rings is 1. The lowest BCUT2D eigenvalue weighted by atomic mass is 10.2. The van der Waals surface area contributed by atoms with Gasteiger partial charge in [-0.25, -0.2) is 0 Å². The molecule has 3 aromatic rings. The van der Waals surface area contributed by atoms with Crippen molar-refractivity contribution in [1.82, 2.24) is 0 Å². The molecule has 1 atom stereocenters. The van der Waals surface area contributed by atoms with E-state index in [4.69, 9.17) is 10.00 Å². The third kappa shape index (κ3) is 4.96. The molecule has 0 fully saturated rings. The van der Waals surface area contributed by atoms with Crippen LogP contribution in [0.1, 0.15) is 22.2 Å². The van der Waals surface area contributed by atoms with Crippen LogP contribution >= 0.6 is 11.3 Å². The van der Waals surface area contributed by atoms with E-state index in [1.54, 1.807) is 61.5 Å². The number of nitriles is 1. The third-order valence-corrected chi connectivity index (χ3v) is 4.67. The molecule has 7 heteroatoms. The summed E-state index contributed by atoms with van der Waals surface area (Å²) in [5.41, 5.74) is 1.65. The van der Waals surface area contributed by atoms with Crippen molar-refractivity contribution in [3.8, 4) is 11.8 Å². The molecule has 0 spiro atoms. The number of hydrogen-bond donors (Lipinski definition) is 2. The molecule has 0 aliphatic heterocycles. The number of carbonyl (C=O) groups is 2. The van der Waals surface area contributed by atoms with E-state index in [1.807, 2.05) is 17.5 Å². The van der Waals surface area contributed by atoms with E-state index in [9.17, 15) is 9.59 Å². The second-order valence-corrected chi connectivity index (χ2v) is 6.85. The Labute approximate surface area is 166 Å². The molecule has 0 aliphatic carbocycles. The molecule has 0 bridgehead atoms. The van der Waals surface area contributed by atoms with Crippen molar-refractivity contribution >= 4 is 34.5 Å². The van der Waals surface area contributed by atoms with E-state index in [0.717, 1.165) is 0 Å². The highest BCUT2D eigenvalue weighted by molar-refractivity contribution is 7.12. The SMILES string of the molecule is CC(Oc1ccc(C#N)cc1)C(=O)Nc1cccc(NC(=O)c2cccs2)c1. The van der Waals surface area contributed by atoms with Gasteiger partial charge in [0.25, 0.3) is 11.8 Å². The Morgan fingerprint density at radius 3 is 2.39 bits per heavy atom. The Kier molecular flexibility index (Phi) is 6.04. The summed E-state index contributed by atoms with van der Waals surface area (Å²) in [6.45, 7) is 1.63. The van der Waals surface area contributed by atoms with Gasteiger partial charge in [0.1, 0.15) is 5.75 Å². The number of carbonyl (C=O) groups excluding carboxylic acids is 2. The molecule has 28 heavy (non-hydrogen) atoms. The van der Waals surface area contributed by atoms with Gasteiger partial charge in [0.05, 0.1) is 16.5 Å². The number of rotatable bonds is 6. The van der Waals surface area contributed by atoms with Crippen LogP contribution in [0.4, 0.5) is 11.4 Å². The molecule has 2 amide bonds. The summed E-state index contributed by atoms with van der Waals surface area (Å²) in [4.78, 5) is 25.1. The normalized spacial score (nSPS) is 11.1. The maximum atomic E-state index is 12.4. The Morgan fingerprint density at radius 2 is 1.75 bits per heavy atom. The van der Waals surface area contributed by atoms with Crippen molar-refractivity contribution < 1.29 is 14.3 Å². The molecule has 0 aliphatic rings. The molecular formula is C21H17N3O3S. The molecule has 0 radical (unpaired) electrons. The first-order chi connectivity index (χ1) is 13.5. The van der Waals surface area contributed by atoms with Crippen LogP contribution in [-0.2, 0) is 4.79 Å². The first-order valence-electron chi connectivity index (χ1n) is 8.48. The number of nitrogens with zero attached hydrogens (tertiary/aromatic N) is 1. The van der Waals surface area contributed by atoms with Crippen molar-refractivity contribution in [1.29, 1.82) is 5.26 Å². The minimum absolute atomic E-state index is 0.198. The van der Waals surface area contributed by atoms with Gasteiger partial charge in [-0.05, 0) is 60.8 Å². The van der Waals surface area contributed by atoms with Crippen molar-refractivity contribution in [3.63, 3.8) is 0 Å². The molecular weight excluding hydrogens is 374 g/mol. The van der Waals surface area contributed by atoms with E-state index in [0.29, 0.717) is 27.6 Å². The minimum Gasteiger partial charge on any atom is -0.481 e. The van der Waals surface area contributed by atoms with Crippen molar-refractivity contribution in [3.05, 3.63) is 76.5 Å². The predicted molar refractivity (Wildman–Crippen MR) is 109 cm³/mol. The van der Waals surface area contributed by atoms with Crippen LogP contribution in [0.3, 0.4) is 0 Å². The first kappa shape index (κ1) is 19.1. The van der Waals surface area contributed by atoms with Gasteiger partial charge < -0.3 is 15.4 Å². The van der Waals surface area contributed by atoms with Gasteiger partial charge in [-0.15, -0.1) is 11.3 Å². The fourth-order valence-electron chi connectivity index (χ4n) is 2.38. The van der Waals surface area contributed by atoms with Crippen LogP contribution in [0.5, 0.6) is 5.75 Å². The van der Waals surface area contributed by atoms with Crippen LogP contribution in [0, 0.1) is 11.3 Å². The lowest BCUT2D eigenvalue weighted by Crippen LogP contribution is -2.30. The van der Waals surface area contributed by atoms with Gasteiger partial charge in [0.15, 0.2) is 6.10 Å². The monoisotopic (exact) mass is 391 g/mol. The van der Waals surface area contributed by atoms with Gasteiger partial charge in [0.2, 0.25) is 0 Å². The highest BCUT2D eigenvalue weighted by Crippen LogP contribution is 2.19. The van der Waals surface area contributed by atoms with E-state index in [2.05, 4.69) is 10.6 Å². The number of benzene rings is 2. The molecule has 3 rings (SSSR count). The van der Waals surface area contributed by atoms with Crippen LogP contribution in [0.2, 0.25) is 0 Å². The first-order valence-corrected chi connectivity index (χ1v) is 9.36. The summed E-state index contributed by atoms with van der Waals surface area (Å²) in [6, 6.07) is 19.0. The zero-order valence-electron chi connectivity index (χ0n) is 15.0. The lowest BCUT2D eigenvalue weighted by Gasteiger charge is -2.15. The summed E-state index contributed by atoms with van der Waals surface area (Å²) in [5.74, 6) is -0.0271. The second-order valence-electron chi connectivity index (χ2n) is 5.90. The van der Waals surface area contributed by atoms with Crippen molar-refractivity contribution in [2.24, 2.45) is 0 Å². The van der Waals surface area contributed by atoms with E-state index < -0.39 is 6.10 Å². The molecule has 0 saturated heterocycles. The Hall–Kier alpha value is -3.63. The summed E-state index contributed by atoms with van der Waals surface area (Å²) < 4.78 is 5.60. The maximum Gasteiger partial charge on any atom is 0.265 e. The molecule has 2 N–H and O–H groups in total. The maximum absolute atomic E-state index is 12.4. The topological polar surface area (TPSA) is 91.2 Å². The zero-order valence-corrected chi connectivity index (χ0v) is 15.8. The Morgan fingerprint density at radius 1 is 1.04 bits per heavy atom. The summed E-state index contributed by atoms with van der Waals surface area (Å²) in [5, 5.41) is 16.2. The fraction of sp³-hybridized carbons (Fsp3) is 0.0952. The van der Waals surface area contributed by atoms with E-state index in [1.165, 1.54) is 11.3 Å². The number of nitrogens with one attached hydrogen (secondary N) is 2. The van der Waals surface area contributed by atoms with Crippen molar-refractivity contribution in [2.45, 2.75) is 13.0 Å². The van der Waals surface area contributed by atoms with Crippen LogP contribution in [0.25, 0.3) is 0 Å². The summed E-state index contributed by atoms with van der Waals surface area (Å²) in [6.07, 6.45) is -0.739. The molecule has 1 unspecified atom stereocenters. The Balaban J connectivity index is 1.60. The van der Waals surface area contributed by atoms with Gasteiger partial charge in [0, 0.05) is 11.4 Å². The fourth-order valence-corrected chi connectivity index (χ4v) is 3.00. The number of anilines is 2. The molecule has 0 saturated carbocycles. The average molecular weight is 391 g/mol. The van der Waals surface area contributed by atoms with Gasteiger partial charge >= 0.3 is 0 Å². The largest absolute Gasteiger partial charge is 0.481 e. The molecule has 1 heterocycles. The second kappa shape index (κ2) is 8.84. The van der Waals surface area contributed by atoms with Crippen molar-refractivity contribution in [2.75, 3.05) is 10.6 Å². The van der Waals surface area contributed by atoms with E-state index in [-0.39, 0.29) is 11.8 Å². The quantitative estimate of drug-likeness (QED) is 0.656. The number of ether oxygens (including phenoxy) is 1. The molecule has 2 aromatic carbocycles. The zero-order chi connectivity index (χ0) is 19.9. The van der Waals surface area contributed by atoms with Crippen LogP contribution in [-0.4, -0.2) is 17.9 Å². The molecule has 1 aromatic heterocycles. The van der Waals surface area contributed by atoms with Crippen LogP contribution in [0.15, 0.2) is 66.0 Å². The molecule has 140 valence electrons. The van der Waals surface area contributed by atoms with Crippen LogP contribution < -0.4 is 15.4 Å². The highest BCUT2D eigenvalue weighted by atomic mass is 32.1. The standard InChI is InChI=1S/C21H17N3O3S/c1-14(27-18-9-7-15(13-22)8-10-18)20(25)23-16-4-2-5-17(12-16)24-21(26)19-6-3-11-28-19/h2-12,14H,1H3,(H,23,25)(H,24,26). The summed E-state index contributed by atoms with van der Waals surface area (Å²) >= 11 is 1.36. The predicted octanol–water partition coefficient (Wildman–Crippen LogP) is 4.28. The summed E-state index contributed by atoms with van der Waals surface area (Å²) in [7, 11) is 0. The van der Waals surface area contributed by atoms with Gasteiger partial charge in [-0.1, -0.05) is 12.1 Å². The smallest absolute Gasteiger partial charge is 0.265 e.